The normalized spacial score (nSPS) is 12.5. The second kappa shape index (κ2) is 8.29. The number of rotatable bonds is 8. The van der Waals surface area contributed by atoms with Crippen LogP contribution in [-0.4, -0.2) is 27.9 Å². The number of aryl methyl sites for hydroxylation is 1. The van der Waals surface area contributed by atoms with Crippen LogP contribution in [0.5, 0.6) is 0 Å². The fourth-order valence-electron chi connectivity index (χ4n) is 2.43. The molecule has 5 heteroatoms. The van der Waals surface area contributed by atoms with Gasteiger partial charge in [-0.15, -0.1) is 0 Å². The van der Waals surface area contributed by atoms with Crippen molar-refractivity contribution in [2.24, 2.45) is 0 Å². The average Bonchev–Trinajstić information content (AvgIpc) is 2.94. The summed E-state index contributed by atoms with van der Waals surface area (Å²) in [5.41, 5.74) is 1.34. The highest BCUT2D eigenvalue weighted by Gasteiger charge is 2.15. The second-order valence-corrected chi connectivity index (χ2v) is 6.06. The Labute approximate surface area is 135 Å². The minimum Gasteiger partial charge on any atom is -0.316 e. The van der Waals surface area contributed by atoms with Crippen LogP contribution in [-0.2, 0) is 13.0 Å². The van der Waals surface area contributed by atoms with E-state index in [0.717, 1.165) is 42.8 Å². The van der Waals surface area contributed by atoms with Crippen LogP contribution in [0.1, 0.15) is 37.6 Å². The van der Waals surface area contributed by atoms with Gasteiger partial charge in [0.05, 0.1) is 0 Å². The van der Waals surface area contributed by atoms with Crippen LogP contribution in [0.4, 0.5) is 0 Å². The summed E-state index contributed by atoms with van der Waals surface area (Å²) in [6.07, 6.45) is 3.71. The Kier molecular flexibility index (Phi) is 6.39. The minimum absolute atomic E-state index is 0.416. The molecule has 0 fully saturated rings. The van der Waals surface area contributed by atoms with Crippen molar-refractivity contribution >= 4 is 15.9 Å². The quantitative estimate of drug-likeness (QED) is 0.742. The highest BCUT2D eigenvalue weighted by atomic mass is 79.9. The molecule has 21 heavy (non-hydrogen) atoms. The van der Waals surface area contributed by atoms with Gasteiger partial charge in [0, 0.05) is 29.9 Å². The summed E-state index contributed by atoms with van der Waals surface area (Å²) in [5, 5.41) is 7.80. The molecule has 1 aromatic heterocycles. The van der Waals surface area contributed by atoms with E-state index in [9.17, 15) is 0 Å². The van der Waals surface area contributed by atoms with Gasteiger partial charge in [0.1, 0.15) is 12.2 Å². The van der Waals surface area contributed by atoms with Crippen LogP contribution in [0.25, 0.3) is 0 Å². The first-order chi connectivity index (χ1) is 10.2. The maximum atomic E-state index is 4.41. The molecule has 0 amide bonds. The lowest BCUT2D eigenvalue weighted by molar-refractivity contribution is 0.536. The second-order valence-electron chi connectivity index (χ2n) is 5.15. The summed E-state index contributed by atoms with van der Waals surface area (Å²) in [6, 6.07) is 8.59. The average molecular weight is 351 g/mol. The number of aromatic nitrogens is 3. The van der Waals surface area contributed by atoms with E-state index in [2.05, 4.69) is 69.4 Å². The topological polar surface area (TPSA) is 42.7 Å². The molecule has 0 spiro atoms. The molecule has 0 aliphatic heterocycles. The highest BCUT2D eigenvalue weighted by molar-refractivity contribution is 9.10. The largest absolute Gasteiger partial charge is 0.316 e. The van der Waals surface area contributed by atoms with E-state index in [1.807, 2.05) is 4.68 Å². The fourth-order valence-corrected chi connectivity index (χ4v) is 2.69. The number of halogens is 1. The van der Waals surface area contributed by atoms with Gasteiger partial charge in [0.15, 0.2) is 0 Å². The standard InChI is InChI=1S/C16H23BrN4/c1-3-9-18-11-14(13-5-7-15(17)8-6-13)10-16-19-12-20-21(16)4-2/h5-8,12,14,18H,3-4,9-11H2,1-2H3. The molecule has 1 N–H and O–H groups in total. The zero-order chi connectivity index (χ0) is 15.1. The van der Waals surface area contributed by atoms with Crippen LogP contribution >= 0.6 is 15.9 Å². The van der Waals surface area contributed by atoms with Crippen molar-refractivity contribution in [1.29, 1.82) is 0 Å². The number of nitrogens with one attached hydrogen (secondary N) is 1. The monoisotopic (exact) mass is 350 g/mol. The predicted molar refractivity (Wildman–Crippen MR) is 89.4 cm³/mol. The Balaban J connectivity index is 2.13. The Hall–Kier alpha value is -1.20. The van der Waals surface area contributed by atoms with E-state index in [1.165, 1.54) is 5.56 Å². The summed E-state index contributed by atoms with van der Waals surface area (Å²) < 4.78 is 3.09. The summed E-state index contributed by atoms with van der Waals surface area (Å²) in [7, 11) is 0. The minimum atomic E-state index is 0.416. The maximum absolute atomic E-state index is 4.41. The fraction of sp³-hybridized carbons (Fsp3) is 0.500. The van der Waals surface area contributed by atoms with Gasteiger partial charge >= 0.3 is 0 Å². The molecular formula is C16H23BrN4. The molecule has 0 aliphatic rings. The SMILES string of the molecule is CCCNCC(Cc1ncnn1CC)c1ccc(Br)cc1. The molecular weight excluding hydrogens is 328 g/mol. The van der Waals surface area contributed by atoms with Crippen LogP contribution in [0.15, 0.2) is 35.1 Å². The third-order valence-corrected chi connectivity index (χ3v) is 4.11. The molecule has 0 radical (unpaired) electrons. The van der Waals surface area contributed by atoms with Crippen molar-refractivity contribution in [3.05, 3.63) is 46.5 Å². The van der Waals surface area contributed by atoms with E-state index in [4.69, 9.17) is 0 Å². The molecule has 1 unspecified atom stereocenters. The molecule has 2 aromatic rings. The lowest BCUT2D eigenvalue weighted by Gasteiger charge is -2.18. The van der Waals surface area contributed by atoms with Crippen LogP contribution in [0, 0.1) is 0 Å². The smallest absolute Gasteiger partial charge is 0.138 e. The van der Waals surface area contributed by atoms with Crippen molar-refractivity contribution in [1.82, 2.24) is 20.1 Å². The third-order valence-electron chi connectivity index (χ3n) is 3.58. The lowest BCUT2D eigenvalue weighted by atomic mass is 9.95. The van der Waals surface area contributed by atoms with Gasteiger partial charge in [-0.2, -0.15) is 5.10 Å². The summed E-state index contributed by atoms with van der Waals surface area (Å²) in [6.45, 7) is 7.17. The molecule has 0 saturated carbocycles. The number of hydrogen-bond acceptors (Lipinski definition) is 3. The van der Waals surface area contributed by atoms with Gasteiger partial charge in [-0.05, 0) is 37.6 Å². The molecule has 4 nitrogen and oxygen atoms in total. The summed E-state index contributed by atoms with van der Waals surface area (Å²) in [4.78, 5) is 4.41. The molecule has 1 atom stereocenters. The first-order valence-electron chi connectivity index (χ1n) is 7.57. The van der Waals surface area contributed by atoms with Crippen molar-refractivity contribution in [2.75, 3.05) is 13.1 Å². The zero-order valence-corrected chi connectivity index (χ0v) is 14.3. The van der Waals surface area contributed by atoms with Gasteiger partial charge in [-0.1, -0.05) is 35.0 Å². The first-order valence-corrected chi connectivity index (χ1v) is 8.36. The number of nitrogens with zero attached hydrogens (tertiary/aromatic N) is 3. The maximum Gasteiger partial charge on any atom is 0.138 e. The van der Waals surface area contributed by atoms with Gasteiger partial charge in [-0.3, -0.25) is 4.68 Å². The van der Waals surface area contributed by atoms with E-state index in [-0.39, 0.29) is 0 Å². The van der Waals surface area contributed by atoms with Gasteiger partial charge in [-0.25, -0.2) is 4.98 Å². The Morgan fingerprint density at radius 1 is 1.24 bits per heavy atom. The van der Waals surface area contributed by atoms with E-state index in [0.29, 0.717) is 5.92 Å². The van der Waals surface area contributed by atoms with Crippen molar-refractivity contribution in [3.63, 3.8) is 0 Å². The number of hydrogen-bond donors (Lipinski definition) is 1. The van der Waals surface area contributed by atoms with E-state index >= 15 is 0 Å². The Bertz CT molecular complexity index is 535. The third kappa shape index (κ3) is 4.64. The number of benzene rings is 1. The van der Waals surface area contributed by atoms with Gasteiger partial charge < -0.3 is 5.32 Å². The van der Waals surface area contributed by atoms with Crippen LogP contribution in [0.3, 0.4) is 0 Å². The molecule has 0 bridgehead atoms. The van der Waals surface area contributed by atoms with Crippen molar-refractivity contribution in [3.8, 4) is 0 Å². The zero-order valence-electron chi connectivity index (χ0n) is 12.7. The molecule has 1 heterocycles. The van der Waals surface area contributed by atoms with E-state index < -0.39 is 0 Å². The summed E-state index contributed by atoms with van der Waals surface area (Å²) >= 11 is 3.50. The Morgan fingerprint density at radius 3 is 2.67 bits per heavy atom. The van der Waals surface area contributed by atoms with Crippen LogP contribution < -0.4 is 5.32 Å². The molecule has 0 saturated heterocycles. The molecule has 114 valence electrons. The van der Waals surface area contributed by atoms with Crippen molar-refractivity contribution in [2.45, 2.75) is 39.2 Å². The first kappa shape index (κ1) is 16.2. The molecule has 0 aliphatic carbocycles. The van der Waals surface area contributed by atoms with Gasteiger partial charge in [0.2, 0.25) is 0 Å². The van der Waals surface area contributed by atoms with Crippen LogP contribution in [0.2, 0.25) is 0 Å². The van der Waals surface area contributed by atoms with Gasteiger partial charge in [0.25, 0.3) is 0 Å². The molecule has 1 aromatic carbocycles. The van der Waals surface area contributed by atoms with Crippen molar-refractivity contribution < 1.29 is 0 Å². The highest BCUT2D eigenvalue weighted by Crippen LogP contribution is 2.21. The van der Waals surface area contributed by atoms with E-state index in [1.54, 1.807) is 6.33 Å². The predicted octanol–water partition coefficient (Wildman–Crippen LogP) is 3.39. The summed E-state index contributed by atoms with van der Waals surface area (Å²) in [5.74, 6) is 1.47. The lowest BCUT2D eigenvalue weighted by Crippen LogP contribution is -2.24. The Morgan fingerprint density at radius 2 is 2.00 bits per heavy atom. The molecule has 2 rings (SSSR count).